The van der Waals surface area contributed by atoms with E-state index in [9.17, 15) is 18.0 Å². The van der Waals surface area contributed by atoms with Crippen molar-refractivity contribution in [2.75, 3.05) is 20.8 Å². The van der Waals surface area contributed by atoms with E-state index < -0.39 is 29.5 Å². The summed E-state index contributed by atoms with van der Waals surface area (Å²) in [6.45, 7) is -0.138. The smallest absolute Gasteiger partial charge is 0.258 e. The van der Waals surface area contributed by atoms with Crippen LogP contribution in [0.3, 0.4) is 0 Å². The van der Waals surface area contributed by atoms with E-state index >= 15 is 0 Å². The number of carbonyl (C=O) groups is 1. The molecule has 0 N–H and O–H groups in total. The zero-order chi connectivity index (χ0) is 24.9. The molecule has 0 radical (unpaired) electrons. The average molecular weight is 484 g/mol. The minimum Gasteiger partial charge on any atom is -0.497 e. The zero-order valence-corrected chi connectivity index (χ0v) is 19.1. The largest absolute Gasteiger partial charge is 0.497 e. The first-order chi connectivity index (χ1) is 16.9. The number of benzene rings is 3. The number of nitrogens with zero attached hydrogens (tertiary/aromatic N) is 2. The molecule has 0 spiro atoms. The third-order valence-electron chi connectivity index (χ3n) is 5.64. The molecule has 1 heterocycles. The summed E-state index contributed by atoms with van der Waals surface area (Å²) >= 11 is 0. The molecule has 1 atom stereocenters. The predicted octanol–water partition coefficient (Wildman–Crippen LogP) is 4.96. The summed E-state index contributed by atoms with van der Waals surface area (Å²) in [5.74, 6) is -1.62. The molecule has 3 aromatic rings. The molecule has 9 heteroatoms. The summed E-state index contributed by atoms with van der Waals surface area (Å²) in [5.41, 5.74) is 1.08. The Balaban J connectivity index is 1.60. The fraction of sp³-hybridized carbons (Fsp3) is 0.231. The Labute approximate surface area is 200 Å². The van der Waals surface area contributed by atoms with Gasteiger partial charge in [-0.25, -0.2) is 13.2 Å². The summed E-state index contributed by atoms with van der Waals surface area (Å²) in [6.07, 6.45) is -0.350. The van der Waals surface area contributed by atoms with Crippen LogP contribution >= 0.6 is 0 Å². The molecule has 0 saturated heterocycles. The minimum atomic E-state index is -0.778. The van der Waals surface area contributed by atoms with Crippen LogP contribution in [-0.4, -0.2) is 43.4 Å². The van der Waals surface area contributed by atoms with Crippen molar-refractivity contribution < 1.29 is 32.3 Å². The fourth-order valence-electron chi connectivity index (χ4n) is 3.85. The molecule has 0 saturated carbocycles. The van der Waals surface area contributed by atoms with E-state index in [0.29, 0.717) is 17.0 Å². The Morgan fingerprint density at radius 2 is 1.83 bits per heavy atom. The van der Waals surface area contributed by atoms with Crippen LogP contribution in [0.2, 0.25) is 0 Å². The van der Waals surface area contributed by atoms with Crippen LogP contribution < -0.4 is 9.47 Å². The van der Waals surface area contributed by atoms with Gasteiger partial charge in [0.05, 0.1) is 32.0 Å². The zero-order valence-electron chi connectivity index (χ0n) is 19.1. The normalized spacial score (nSPS) is 14.8. The Morgan fingerprint density at radius 3 is 2.54 bits per heavy atom. The highest BCUT2D eigenvalue weighted by Gasteiger charge is 2.30. The van der Waals surface area contributed by atoms with E-state index in [4.69, 9.17) is 14.3 Å². The van der Waals surface area contributed by atoms with Gasteiger partial charge in [0.25, 0.3) is 5.91 Å². The molecular formula is C26H23F3N2O4. The minimum absolute atomic E-state index is 0.0201. The third-order valence-corrected chi connectivity index (χ3v) is 5.64. The van der Waals surface area contributed by atoms with Crippen LogP contribution in [0.5, 0.6) is 11.5 Å². The molecular weight excluding hydrogens is 461 g/mol. The Morgan fingerprint density at radius 1 is 1.03 bits per heavy atom. The number of rotatable bonds is 8. The number of halogens is 3. The van der Waals surface area contributed by atoms with E-state index in [1.54, 1.807) is 36.4 Å². The van der Waals surface area contributed by atoms with Gasteiger partial charge in [-0.05, 0) is 24.3 Å². The molecule has 3 aromatic carbocycles. The van der Waals surface area contributed by atoms with Crippen molar-refractivity contribution in [1.29, 1.82) is 0 Å². The molecule has 1 aliphatic rings. The van der Waals surface area contributed by atoms with Gasteiger partial charge in [0.15, 0.2) is 6.10 Å². The van der Waals surface area contributed by atoms with Gasteiger partial charge >= 0.3 is 0 Å². The van der Waals surface area contributed by atoms with Crippen molar-refractivity contribution in [1.82, 2.24) is 4.90 Å². The first-order valence-electron chi connectivity index (χ1n) is 10.8. The molecule has 0 aliphatic carbocycles. The highest BCUT2D eigenvalue weighted by Crippen LogP contribution is 2.28. The van der Waals surface area contributed by atoms with Crippen LogP contribution in [-0.2, 0) is 11.4 Å². The lowest BCUT2D eigenvalue weighted by Gasteiger charge is -2.26. The van der Waals surface area contributed by atoms with Gasteiger partial charge in [0, 0.05) is 36.2 Å². The maximum Gasteiger partial charge on any atom is 0.258 e. The van der Waals surface area contributed by atoms with E-state index in [2.05, 4.69) is 5.16 Å². The molecule has 35 heavy (non-hydrogen) atoms. The molecule has 0 unspecified atom stereocenters. The highest BCUT2D eigenvalue weighted by atomic mass is 19.1. The van der Waals surface area contributed by atoms with Gasteiger partial charge in [-0.2, -0.15) is 0 Å². The summed E-state index contributed by atoms with van der Waals surface area (Å²) in [5, 5.41) is 4.00. The molecule has 1 aliphatic heterocycles. The van der Waals surface area contributed by atoms with Gasteiger partial charge in [-0.1, -0.05) is 29.4 Å². The quantitative estimate of drug-likeness (QED) is 0.454. The highest BCUT2D eigenvalue weighted by molar-refractivity contribution is 6.01. The number of hydrogen-bond donors (Lipinski definition) is 0. The molecule has 4 rings (SSSR count). The topological polar surface area (TPSA) is 60.4 Å². The predicted molar refractivity (Wildman–Crippen MR) is 123 cm³/mol. The third kappa shape index (κ3) is 5.40. The number of amides is 1. The summed E-state index contributed by atoms with van der Waals surface area (Å²) < 4.78 is 52.6. The molecule has 0 bridgehead atoms. The summed E-state index contributed by atoms with van der Waals surface area (Å²) in [7, 11) is 2.91. The molecule has 0 fully saturated rings. The van der Waals surface area contributed by atoms with Crippen molar-refractivity contribution in [2.45, 2.75) is 19.1 Å². The molecule has 0 aromatic heterocycles. The van der Waals surface area contributed by atoms with E-state index in [-0.39, 0.29) is 36.4 Å². The van der Waals surface area contributed by atoms with Gasteiger partial charge in [-0.3, -0.25) is 4.79 Å². The van der Waals surface area contributed by atoms with Crippen molar-refractivity contribution in [2.24, 2.45) is 5.16 Å². The molecule has 6 nitrogen and oxygen atoms in total. The fourth-order valence-corrected chi connectivity index (χ4v) is 3.85. The van der Waals surface area contributed by atoms with Crippen molar-refractivity contribution in [3.8, 4) is 11.5 Å². The number of ether oxygens (including phenoxy) is 2. The number of oxime groups is 1. The lowest BCUT2D eigenvalue weighted by Crippen LogP contribution is -2.37. The monoisotopic (exact) mass is 484 g/mol. The summed E-state index contributed by atoms with van der Waals surface area (Å²) in [6, 6.07) is 14.1. The standard InChI is InChI=1S/C26H23F3N2O4/c1-33-18-9-10-21(25(13-18)34-2)26(32)31(14-16-7-8-17(27)11-23(16)29)15-19-12-24(30-35-19)20-5-3-4-6-22(20)28/h3-11,13,19H,12,14-15H2,1-2H3/t19-/m0/s1. The average Bonchev–Trinajstić information content (AvgIpc) is 3.32. The maximum absolute atomic E-state index is 14.4. The van der Waals surface area contributed by atoms with E-state index in [1.807, 2.05) is 0 Å². The van der Waals surface area contributed by atoms with Crippen LogP contribution in [0.1, 0.15) is 27.9 Å². The molecule has 1 amide bonds. The van der Waals surface area contributed by atoms with Crippen molar-refractivity contribution in [3.05, 3.63) is 94.8 Å². The Kier molecular flexibility index (Phi) is 7.24. The van der Waals surface area contributed by atoms with Crippen LogP contribution in [0, 0.1) is 17.5 Å². The first kappa shape index (κ1) is 24.1. The number of hydrogen-bond acceptors (Lipinski definition) is 5. The number of methoxy groups -OCH3 is 2. The van der Waals surface area contributed by atoms with Gasteiger partial charge in [-0.15, -0.1) is 0 Å². The summed E-state index contributed by atoms with van der Waals surface area (Å²) in [4.78, 5) is 20.4. The Bertz CT molecular complexity index is 1270. The van der Waals surface area contributed by atoms with Gasteiger partial charge < -0.3 is 19.2 Å². The molecule has 182 valence electrons. The van der Waals surface area contributed by atoms with Gasteiger partial charge in [0.2, 0.25) is 0 Å². The lowest BCUT2D eigenvalue weighted by molar-refractivity contribution is 0.0401. The first-order valence-corrected chi connectivity index (χ1v) is 10.8. The second-order valence-corrected chi connectivity index (χ2v) is 7.94. The van der Waals surface area contributed by atoms with Crippen LogP contribution in [0.25, 0.3) is 0 Å². The van der Waals surface area contributed by atoms with Gasteiger partial charge in [0.1, 0.15) is 29.0 Å². The van der Waals surface area contributed by atoms with Crippen molar-refractivity contribution >= 4 is 11.6 Å². The second kappa shape index (κ2) is 10.5. The van der Waals surface area contributed by atoms with Crippen LogP contribution in [0.15, 0.2) is 65.8 Å². The van der Waals surface area contributed by atoms with Crippen LogP contribution in [0.4, 0.5) is 13.2 Å². The maximum atomic E-state index is 14.4. The van der Waals surface area contributed by atoms with E-state index in [0.717, 1.165) is 12.1 Å². The Hall–Kier alpha value is -4.01. The number of carbonyl (C=O) groups excluding carboxylic acids is 1. The SMILES string of the molecule is COc1ccc(C(=O)N(Cc2ccc(F)cc2F)C[C@@H]2CC(c3ccccc3F)=NO2)c(OC)c1. The van der Waals surface area contributed by atoms with E-state index in [1.165, 1.54) is 31.3 Å². The van der Waals surface area contributed by atoms with Crippen molar-refractivity contribution in [3.63, 3.8) is 0 Å². The second-order valence-electron chi connectivity index (χ2n) is 7.94. The lowest BCUT2D eigenvalue weighted by atomic mass is 10.0.